The molecule has 254 valence electrons. The van der Waals surface area contributed by atoms with Crippen molar-refractivity contribution in [1.82, 2.24) is 30.3 Å². The van der Waals surface area contributed by atoms with Crippen LogP contribution in [0.5, 0.6) is 0 Å². The fourth-order valence-corrected chi connectivity index (χ4v) is 8.68. The Hall–Kier alpha value is -3.38. The van der Waals surface area contributed by atoms with Crippen LogP contribution in [0, 0.1) is 12.7 Å². The normalized spacial score (nSPS) is 24.4. The molecule has 10 nitrogen and oxygen atoms in total. The molecule has 3 fully saturated rings. The van der Waals surface area contributed by atoms with E-state index < -0.39 is 5.82 Å². The van der Waals surface area contributed by atoms with Gasteiger partial charge in [0.05, 0.1) is 29.7 Å². The molecule has 1 aromatic heterocycles. The zero-order chi connectivity index (χ0) is 32.9. The van der Waals surface area contributed by atoms with E-state index in [4.69, 9.17) is 4.98 Å². The Kier molecular flexibility index (Phi) is 10.9. The van der Waals surface area contributed by atoms with Crippen LogP contribution in [-0.4, -0.2) is 101 Å². The van der Waals surface area contributed by atoms with Crippen LogP contribution in [0.2, 0.25) is 0 Å². The Bertz CT molecular complexity index is 1430. The van der Waals surface area contributed by atoms with Crippen LogP contribution in [0.4, 0.5) is 4.39 Å². The Labute approximate surface area is 280 Å². The predicted octanol–water partition coefficient (Wildman–Crippen LogP) is 3.78. The first-order valence-corrected chi connectivity index (χ1v) is 18.2. The molecule has 4 bridgehead atoms. The Morgan fingerprint density at radius 1 is 0.936 bits per heavy atom. The Morgan fingerprint density at radius 3 is 2.34 bits per heavy atom. The molecule has 5 heterocycles. The summed E-state index contributed by atoms with van der Waals surface area (Å²) in [5, 5.41) is 7.69. The molecular formula is C35H47FN6O4S. The summed E-state index contributed by atoms with van der Waals surface area (Å²) in [4.78, 5) is 65.3. The van der Waals surface area contributed by atoms with Gasteiger partial charge in [-0.1, -0.05) is 12.8 Å². The molecule has 5 aliphatic rings. The number of amides is 4. The number of hydrogen-bond acceptors (Lipinski definition) is 7. The first kappa shape index (κ1) is 33.5. The molecule has 47 heavy (non-hydrogen) atoms. The summed E-state index contributed by atoms with van der Waals surface area (Å²) in [6.07, 6.45) is 8.81. The van der Waals surface area contributed by atoms with E-state index in [1.54, 1.807) is 21.1 Å². The van der Waals surface area contributed by atoms with Crippen LogP contribution in [0.1, 0.15) is 96.1 Å². The lowest BCUT2D eigenvalue weighted by Gasteiger charge is -2.38. The number of hydrogen-bond donors (Lipinski definition) is 2. The van der Waals surface area contributed by atoms with Gasteiger partial charge in [-0.25, -0.2) is 9.37 Å². The predicted molar refractivity (Wildman–Crippen MR) is 178 cm³/mol. The number of nitrogens with zero attached hydrogens (tertiary/aromatic N) is 4. The largest absolute Gasteiger partial charge is 0.355 e. The standard InChI is InChI=1S/C35H47FN6O4S/c1-23-30-21-32(44)42(28-14-19-40(20-15-28)34(45)25-8-10-26(36)11-9-25)22-31(43)37-16-4-7-29(38-27-5-2-3-6-27)35(46)41-17-12-24(13-18-41)33(39-30)47-23/h8-11,24,27-29,38H,2-7,12-22H2,1H3,(H,37,43)/t29-/m0/s1. The van der Waals surface area contributed by atoms with Crippen molar-refractivity contribution in [3.63, 3.8) is 0 Å². The minimum atomic E-state index is -0.391. The fourth-order valence-electron chi connectivity index (χ4n) is 7.58. The van der Waals surface area contributed by atoms with Gasteiger partial charge in [0.1, 0.15) is 5.82 Å². The van der Waals surface area contributed by atoms with E-state index in [0.717, 1.165) is 41.3 Å². The highest BCUT2D eigenvalue weighted by atomic mass is 32.1. The Balaban J connectivity index is 1.17. The summed E-state index contributed by atoms with van der Waals surface area (Å²) in [7, 11) is 0. The van der Waals surface area contributed by atoms with E-state index in [0.29, 0.717) is 70.0 Å². The van der Waals surface area contributed by atoms with E-state index in [2.05, 4.69) is 10.6 Å². The van der Waals surface area contributed by atoms with Crippen molar-refractivity contribution in [3.8, 4) is 0 Å². The zero-order valence-corrected chi connectivity index (χ0v) is 28.2. The number of likely N-dealkylation sites (tertiary alicyclic amines) is 1. The van der Waals surface area contributed by atoms with Gasteiger partial charge in [0.15, 0.2) is 0 Å². The van der Waals surface area contributed by atoms with Crippen molar-refractivity contribution in [3.05, 3.63) is 51.2 Å². The molecule has 7 rings (SSSR count). The van der Waals surface area contributed by atoms with Gasteiger partial charge in [0.2, 0.25) is 17.7 Å². The van der Waals surface area contributed by atoms with Gasteiger partial charge in [0.25, 0.3) is 5.91 Å². The number of carbonyl (C=O) groups excluding carboxylic acids is 4. The molecule has 4 amide bonds. The van der Waals surface area contributed by atoms with Crippen LogP contribution >= 0.6 is 11.3 Å². The van der Waals surface area contributed by atoms with Gasteiger partial charge in [-0.15, -0.1) is 11.3 Å². The number of fused-ring (bicyclic) bond motifs is 12. The molecule has 1 atom stereocenters. The first-order chi connectivity index (χ1) is 22.7. The molecule has 2 saturated heterocycles. The average Bonchev–Trinajstić information content (AvgIpc) is 3.74. The monoisotopic (exact) mass is 666 g/mol. The van der Waals surface area contributed by atoms with E-state index in [1.807, 2.05) is 11.8 Å². The second kappa shape index (κ2) is 15.2. The average molecular weight is 667 g/mol. The molecule has 0 radical (unpaired) electrons. The van der Waals surface area contributed by atoms with Gasteiger partial charge >= 0.3 is 0 Å². The summed E-state index contributed by atoms with van der Waals surface area (Å²) in [6.45, 7) is 4.64. The van der Waals surface area contributed by atoms with Gasteiger partial charge in [-0.3, -0.25) is 19.2 Å². The molecule has 1 aromatic carbocycles. The van der Waals surface area contributed by atoms with E-state index in [1.165, 1.54) is 37.1 Å². The third kappa shape index (κ3) is 8.20. The van der Waals surface area contributed by atoms with Crippen LogP contribution in [0.3, 0.4) is 0 Å². The lowest BCUT2D eigenvalue weighted by Crippen LogP contribution is -2.52. The molecule has 1 saturated carbocycles. The fraction of sp³-hybridized carbons (Fsp3) is 0.629. The zero-order valence-electron chi connectivity index (χ0n) is 27.3. The van der Waals surface area contributed by atoms with Crippen LogP contribution in [-0.2, 0) is 20.8 Å². The second-order valence-corrected chi connectivity index (χ2v) is 14.8. The van der Waals surface area contributed by atoms with Crippen molar-refractivity contribution in [2.75, 3.05) is 39.3 Å². The highest BCUT2D eigenvalue weighted by Crippen LogP contribution is 2.33. The summed E-state index contributed by atoms with van der Waals surface area (Å²) in [5.74, 6) is -0.489. The molecule has 0 spiro atoms. The molecule has 2 N–H and O–H groups in total. The van der Waals surface area contributed by atoms with Crippen molar-refractivity contribution in [1.29, 1.82) is 0 Å². The third-order valence-corrected chi connectivity index (χ3v) is 11.6. The minimum absolute atomic E-state index is 0.0649. The number of aromatic nitrogens is 1. The third-order valence-electron chi connectivity index (χ3n) is 10.4. The van der Waals surface area contributed by atoms with Crippen molar-refractivity contribution >= 4 is 35.0 Å². The van der Waals surface area contributed by atoms with Crippen LogP contribution < -0.4 is 10.6 Å². The number of aryl methyl sites for hydroxylation is 1. The smallest absolute Gasteiger partial charge is 0.253 e. The number of thiazole rings is 1. The van der Waals surface area contributed by atoms with Crippen LogP contribution in [0.25, 0.3) is 0 Å². The van der Waals surface area contributed by atoms with Crippen molar-refractivity contribution < 1.29 is 23.6 Å². The van der Waals surface area contributed by atoms with Gasteiger partial charge in [-0.2, -0.15) is 0 Å². The summed E-state index contributed by atoms with van der Waals surface area (Å²) < 4.78 is 13.4. The minimum Gasteiger partial charge on any atom is -0.355 e. The molecule has 2 aromatic rings. The number of nitrogens with one attached hydrogen (secondary N) is 2. The highest BCUT2D eigenvalue weighted by molar-refractivity contribution is 7.11. The molecule has 1 aliphatic carbocycles. The quantitative estimate of drug-likeness (QED) is 0.514. The summed E-state index contributed by atoms with van der Waals surface area (Å²) in [6, 6.07) is 5.44. The van der Waals surface area contributed by atoms with Gasteiger partial charge in [-0.05, 0) is 82.6 Å². The first-order valence-electron chi connectivity index (χ1n) is 17.4. The van der Waals surface area contributed by atoms with E-state index in [-0.39, 0.29) is 54.6 Å². The summed E-state index contributed by atoms with van der Waals surface area (Å²) >= 11 is 1.64. The highest BCUT2D eigenvalue weighted by Gasteiger charge is 2.34. The molecular weight excluding hydrogens is 619 g/mol. The lowest BCUT2D eigenvalue weighted by atomic mass is 9.96. The maximum absolute atomic E-state index is 13.9. The van der Waals surface area contributed by atoms with Gasteiger partial charge < -0.3 is 25.3 Å². The maximum atomic E-state index is 13.9. The molecule has 12 heteroatoms. The molecule has 0 unspecified atom stereocenters. The topological polar surface area (TPSA) is 115 Å². The van der Waals surface area contributed by atoms with Crippen LogP contribution in [0.15, 0.2) is 24.3 Å². The van der Waals surface area contributed by atoms with Crippen molar-refractivity contribution in [2.24, 2.45) is 0 Å². The Morgan fingerprint density at radius 2 is 1.64 bits per heavy atom. The number of halogens is 1. The lowest BCUT2D eigenvalue weighted by molar-refractivity contribution is -0.138. The second-order valence-electron chi connectivity index (χ2n) is 13.6. The maximum Gasteiger partial charge on any atom is 0.253 e. The number of piperidine rings is 2. The summed E-state index contributed by atoms with van der Waals surface area (Å²) in [5.41, 5.74) is 1.18. The SMILES string of the molecule is Cc1sc2nc1CC(=O)N(C1CCN(C(=O)c3ccc(F)cc3)CC1)CC(=O)NCCC[C@H](NC1CCCC1)C(=O)N1CCC2CC1. The number of rotatable bonds is 4. The van der Waals surface area contributed by atoms with E-state index >= 15 is 0 Å². The van der Waals surface area contributed by atoms with Crippen molar-refractivity contribution in [2.45, 2.75) is 102 Å². The van der Waals surface area contributed by atoms with E-state index in [9.17, 15) is 23.6 Å². The molecule has 4 aliphatic heterocycles. The number of carbonyl (C=O) groups is 4. The number of benzene rings is 1. The van der Waals surface area contributed by atoms with Gasteiger partial charge in [0, 0.05) is 61.2 Å².